The van der Waals surface area contributed by atoms with Gasteiger partial charge in [-0.25, -0.2) is 23.2 Å². The normalized spacial score (nSPS) is 11.7. The first-order valence-electron chi connectivity index (χ1n) is 26.8. The highest BCUT2D eigenvalue weighted by Gasteiger charge is 2.28. The highest BCUT2D eigenvalue weighted by atomic mass is 19.3. The first kappa shape index (κ1) is 56.2. The Morgan fingerprint density at radius 2 is 1.05 bits per heavy atom. The summed E-state index contributed by atoms with van der Waals surface area (Å²) in [6.07, 6.45) is 12.3. The van der Waals surface area contributed by atoms with Crippen molar-refractivity contribution in [3.8, 4) is 33.8 Å². The van der Waals surface area contributed by atoms with Crippen molar-refractivity contribution in [3.05, 3.63) is 140 Å². The first-order valence-corrected chi connectivity index (χ1v) is 26.8. The summed E-state index contributed by atoms with van der Waals surface area (Å²) in [5, 5.41) is 1.59. The molecule has 0 atom stereocenters. The Labute approximate surface area is 430 Å². The van der Waals surface area contributed by atoms with Crippen LogP contribution in [0.5, 0.6) is 11.5 Å². The maximum absolute atomic E-state index is 14.8. The van der Waals surface area contributed by atoms with Crippen molar-refractivity contribution in [3.63, 3.8) is 0 Å². The van der Waals surface area contributed by atoms with Crippen LogP contribution in [0.15, 0.2) is 116 Å². The zero-order chi connectivity index (χ0) is 52.2. The number of carbonyl (C=O) groups excluding carboxylic acids is 1. The summed E-state index contributed by atoms with van der Waals surface area (Å²) in [5.41, 5.74) is 8.00. The molecule has 0 N–H and O–H groups in total. The summed E-state index contributed by atoms with van der Waals surface area (Å²) in [4.78, 5) is 38.4. The van der Waals surface area contributed by atoms with Crippen LogP contribution in [-0.4, -0.2) is 44.4 Å². The van der Waals surface area contributed by atoms with Gasteiger partial charge in [-0.15, -0.1) is 0 Å². The molecule has 73 heavy (non-hydrogen) atoms. The molecule has 0 amide bonds. The first-order chi connectivity index (χ1) is 35.3. The Hall–Kier alpha value is -6.07. The third-order valence-corrected chi connectivity index (χ3v) is 13.4. The molecule has 0 radical (unpaired) electrons. The molecular formula is C62H76F2O9. The Balaban J connectivity index is 1.04. The highest BCUT2D eigenvalue weighted by Crippen LogP contribution is 2.31. The lowest BCUT2D eigenvalue weighted by Crippen LogP contribution is -2.20. The number of hydrogen-bond donors (Lipinski definition) is 0. The molecule has 0 saturated carbocycles. The largest absolute Gasteiger partial charge is 0.493 e. The van der Waals surface area contributed by atoms with E-state index in [2.05, 4.69) is 58.5 Å². The summed E-state index contributed by atoms with van der Waals surface area (Å²) >= 11 is 0. The van der Waals surface area contributed by atoms with Crippen LogP contribution < -0.4 is 20.7 Å². The molecule has 11 heteroatoms. The minimum atomic E-state index is -2.92. The monoisotopic (exact) mass is 1000 g/mol. The number of ether oxygens (including phenoxy) is 4. The molecule has 2 heterocycles. The number of alkyl halides is 2. The van der Waals surface area contributed by atoms with Gasteiger partial charge in [0.15, 0.2) is 0 Å². The van der Waals surface area contributed by atoms with Crippen LogP contribution in [0, 0.1) is 0 Å². The van der Waals surface area contributed by atoms with Gasteiger partial charge >= 0.3 is 17.2 Å². The topological polar surface area (TPSA) is 114 Å². The molecule has 2 aromatic heterocycles. The van der Waals surface area contributed by atoms with Crippen molar-refractivity contribution in [2.45, 2.75) is 162 Å². The lowest BCUT2D eigenvalue weighted by atomic mass is 9.94. The molecule has 392 valence electrons. The van der Waals surface area contributed by atoms with Gasteiger partial charge in [0.05, 0.1) is 37.1 Å². The van der Waals surface area contributed by atoms with E-state index >= 15 is 0 Å². The number of rotatable bonds is 32. The molecule has 0 spiro atoms. The number of halogens is 2. The van der Waals surface area contributed by atoms with Gasteiger partial charge in [0.1, 0.15) is 22.7 Å². The van der Waals surface area contributed by atoms with Gasteiger partial charge in [-0.3, -0.25) is 0 Å². The second kappa shape index (κ2) is 28.4. The molecule has 4 aromatic carbocycles. The SMILES string of the molecule is C=C(C)C(=O)OCCCC(F)(F)CCCOC(CCCOc1ccc2cc(-c3ccc(CCCCC)cc3CC)c(=O)oc2c1)CCCOc1ccc2cc(-c3ccc(CCCCC)cc3CC)c(=O)oc2c1. The fourth-order valence-electron chi connectivity index (χ4n) is 9.25. The van der Waals surface area contributed by atoms with Gasteiger partial charge in [-0.05, 0) is 154 Å². The van der Waals surface area contributed by atoms with E-state index in [0.717, 1.165) is 71.6 Å². The summed E-state index contributed by atoms with van der Waals surface area (Å²) in [6.45, 7) is 14.4. The standard InChI is InChI=1S/C62H76F2O9/c1-7-11-13-19-44-23-29-53(46(9-3)37-44)55-39-48-25-27-51(41-57(48)72-60(55)66)69-33-15-21-50(68-35-17-31-62(63,64)32-18-36-71-59(65)43(5)6)22-16-34-70-52-28-26-49-40-56(61(67)73-58(49)42-52)54-30-24-45(20-14-12-8-2)38-47(54)10-4/h23-30,37-42,50H,5,7-22,31-36H2,1-4,6H3. The Morgan fingerprint density at radius 3 is 1.51 bits per heavy atom. The molecule has 0 unspecified atom stereocenters. The third-order valence-electron chi connectivity index (χ3n) is 13.4. The fraction of sp³-hybridized carbons (Fsp3) is 0.468. The second-order valence-electron chi connectivity index (χ2n) is 19.4. The highest BCUT2D eigenvalue weighted by molar-refractivity contribution is 5.87. The van der Waals surface area contributed by atoms with Crippen LogP contribution in [0.2, 0.25) is 0 Å². The van der Waals surface area contributed by atoms with Crippen LogP contribution in [0.4, 0.5) is 8.78 Å². The smallest absolute Gasteiger partial charge is 0.344 e. The van der Waals surface area contributed by atoms with E-state index in [-0.39, 0.29) is 44.2 Å². The van der Waals surface area contributed by atoms with Crippen LogP contribution in [0.25, 0.3) is 44.2 Å². The molecule has 0 saturated heterocycles. The van der Waals surface area contributed by atoms with E-state index in [0.29, 0.717) is 72.7 Å². The zero-order valence-electron chi connectivity index (χ0n) is 43.9. The van der Waals surface area contributed by atoms with Gasteiger partial charge in [0.25, 0.3) is 0 Å². The summed E-state index contributed by atoms with van der Waals surface area (Å²) < 4.78 is 64.7. The number of esters is 1. The van der Waals surface area contributed by atoms with Crippen molar-refractivity contribution in [1.82, 2.24) is 0 Å². The van der Waals surface area contributed by atoms with E-state index in [1.54, 1.807) is 12.1 Å². The third kappa shape index (κ3) is 17.0. The van der Waals surface area contributed by atoms with E-state index in [1.807, 2.05) is 48.5 Å². The summed E-state index contributed by atoms with van der Waals surface area (Å²) in [5.74, 6) is -2.38. The molecule has 0 aliphatic rings. The molecule has 0 aliphatic heterocycles. The van der Waals surface area contributed by atoms with Crippen molar-refractivity contribution in [2.75, 3.05) is 26.4 Å². The van der Waals surface area contributed by atoms with Gasteiger partial charge in [0.2, 0.25) is 5.92 Å². The lowest BCUT2D eigenvalue weighted by Gasteiger charge is -2.20. The van der Waals surface area contributed by atoms with Crippen LogP contribution in [-0.2, 0) is 40.0 Å². The second-order valence-corrected chi connectivity index (χ2v) is 19.4. The van der Waals surface area contributed by atoms with Gasteiger partial charge in [0, 0.05) is 47.9 Å². The minimum Gasteiger partial charge on any atom is -0.493 e. The molecule has 6 aromatic rings. The predicted molar refractivity (Wildman–Crippen MR) is 289 cm³/mol. The van der Waals surface area contributed by atoms with E-state index in [1.165, 1.54) is 43.7 Å². The predicted octanol–water partition coefficient (Wildman–Crippen LogP) is 15.5. The average molecular weight is 1000 g/mol. The van der Waals surface area contributed by atoms with Gasteiger partial charge < -0.3 is 27.8 Å². The number of benzene rings is 4. The maximum Gasteiger partial charge on any atom is 0.344 e. The summed E-state index contributed by atoms with van der Waals surface area (Å²) in [6, 6.07) is 27.5. The number of fused-ring (bicyclic) bond motifs is 2. The molecule has 0 bridgehead atoms. The summed E-state index contributed by atoms with van der Waals surface area (Å²) in [7, 11) is 0. The Bertz CT molecular complexity index is 2690. The maximum atomic E-state index is 14.8. The number of hydrogen-bond acceptors (Lipinski definition) is 9. The molecule has 0 fully saturated rings. The minimum absolute atomic E-state index is 0.0469. The van der Waals surface area contributed by atoms with E-state index in [9.17, 15) is 23.2 Å². The number of aryl methyl sites for hydroxylation is 4. The van der Waals surface area contributed by atoms with E-state index in [4.69, 9.17) is 27.8 Å². The van der Waals surface area contributed by atoms with Crippen LogP contribution >= 0.6 is 0 Å². The number of unbranched alkanes of at least 4 members (excludes halogenated alkanes) is 4. The molecule has 9 nitrogen and oxygen atoms in total. The molecular weight excluding hydrogens is 927 g/mol. The number of carbonyl (C=O) groups is 1. The van der Waals surface area contributed by atoms with Crippen LogP contribution in [0.1, 0.15) is 147 Å². The average Bonchev–Trinajstić information content (AvgIpc) is 3.38. The lowest BCUT2D eigenvalue weighted by molar-refractivity contribution is -0.139. The molecule has 6 rings (SSSR count). The van der Waals surface area contributed by atoms with Gasteiger partial charge in [-0.1, -0.05) is 96.4 Å². The quantitative estimate of drug-likeness (QED) is 0.0176. The van der Waals surface area contributed by atoms with Crippen molar-refractivity contribution in [1.29, 1.82) is 0 Å². The Kier molecular flexibility index (Phi) is 21.9. The zero-order valence-corrected chi connectivity index (χ0v) is 43.9. The van der Waals surface area contributed by atoms with Crippen LogP contribution in [0.3, 0.4) is 0 Å². The van der Waals surface area contributed by atoms with E-state index < -0.39 is 29.6 Å². The van der Waals surface area contributed by atoms with Crippen molar-refractivity contribution < 1.29 is 41.4 Å². The van der Waals surface area contributed by atoms with Gasteiger partial charge in [-0.2, -0.15) is 0 Å². The molecule has 0 aliphatic carbocycles. The van der Waals surface area contributed by atoms with Crippen molar-refractivity contribution >= 4 is 27.9 Å². The fourth-order valence-corrected chi connectivity index (χ4v) is 9.25. The van der Waals surface area contributed by atoms with Crippen molar-refractivity contribution in [2.24, 2.45) is 0 Å². The Morgan fingerprint density at radius 1 is 0.575 bits per heavy atom.